The Morgan fingerprint density at radius 1 is 1.50 bits per heavy atom. The summed E-state index contributed by atoms with van der Waals surface area (Å²) in [5, 5.41) is 14.4. The van der Waals surface area contributed by atoms with Crippen molar-refractivity contribution in [2.75, 3.05) is 5.32 Å². The van der Waals surface area contributed by atoms with Crippen molar-refractivity contribution in [1.82, 2.24) is 4.98 Å². The zero-order valence-electron chi connectivity index (χ0n) is 11.6. The molecule has 0 saturated carbocycles. The Kier molecular flexibility index (Phi) is 3.57. The summed E-state index contributed by atoms with van der Waals surface area (Å²) in [6.07, 6.45) is 2.27. The maximum atomic E-state index is 14.2. The number of benzene rings is 1. The topological polar surface area (TPSA) is 68.1 Å². The molecule has 1 heterocycles. The smallest absolute Gasteiger partial charge is 0.281 e. The fourth-order valence-corrected chi connectivity index (χ4v) is 1.89. The average molecular weight is 277 g/mol. The predicted molar refractivity (Wildman–Crippen MR) is 76.3 cm³/mol. The summed E-state index contributed by atoms with van der Waals surface area (Å²) in [6.45, 7) is 5.84. The van der Waals surface area contributed by atoms with Crippen molar-refractivity contribution < 1.29 is 9.31 Å². The van der Waals surface area contributed by atoms with Gasteiger partial charge in [-0.05, 0) is 32.4 Å². The molecule has 20 heavy (non-hydrogen) atoms. The van der Waals surface area contributed by atoms with Crippen LogP contribution in [0, 0.1) is 15.9 Å². The first-order chi connectivity index (χ1) is 9.35. The molecule has 1 N–H and O–H groups in total. The van der Waals surface area contributed by atoms with Gasteiger partial charge in [-0.2, -0.15) is 0 Å². The molecule has 0 aliphatic rings. The van der Waals surface area contributed by atoms with Crippen LogP contribution < -0.4 is 5.32 Å². The molecule has 0 bridgehead atoms. The number of hydrogen-bond acceptors (Lipinski definition) is 4. The highest BCUT2D eigenvalue weighted by Crippen LogP contribution is 2.34. The summed E-state index contributed by atoms with van der Waals surface area (Å²) >= 11 is 0. The van der Waals surface area contributed by atoms with Crippen LogP contribution in [0.3, 0.4) is 0 Å². The third-order valence-electron chi connectivity index (χ3n) is 3.37. The van der Waals surface area contributed by atoms with Gasteiger partial charge in [0.1, 0.15) is 5.52 Å². The Labute approximate surface area is 116 Å². The van der Waals surface area contributed by atoms with E-state index in [2.05, 4.69) is 10.3 Å². The lowest BCUT2D eigenvalue weighted by Crippen LogP contribution is -2.30. The Morgan fingerprint density at radius 3 is 2.80 bits per heavy atom. The molecule has 1 aromatic heterocycles. The van der Waals surface area contributed by atoms with Crippen molar-refractivity contribution in [1.29, 1.82) is 0 Å². The van der Waals surface area contributed by atoms with Crippen LogP contribution in [0.4, 0.5) is 15.8 Å². The highest BCUT2D eigenvalue weighted by atomic mass is 19.1. The van der Waals surface area contributed by atoms with Gasteiger partial charge in [0.15, 0.2) is 5.82 Å². The van der Waals surface area contributed by atoms with Crippen molar-refractivity contribution >= 4 is 22.3 Å². The molecular formula is C14H16FN3O2. The quantitative estimate of drug-likeness (QED) is 0.680. The van der Waals surface area contributed by atoms with Crippen molar-refractivity contribution in [2.45, 2.75) is 32.7 Å². The van der Waals surface area contributed by atoms with Crippen molar-refractivity contribution in [3.63, 3.8) is 0 Å². The summed E-state index contributed by atoms with van der Waals surface area (Å²) in [6, 6.07) is 4.12. The van der Waals surface area contributed by atoms with E-state index in [1.165, 1.54) is 6.20 Å². The fourth-order valence-electron chi connectivity index (χ4n) is 1.89. The molecule has 2 rings (SSSR count). The molecule has 0 unspecified atom stereocenters. The molecule has 0 aliphatic carbocycles. The molecule has 106 valence electrons. The van der Waals surface area contributed by atoms with Gasteiger partial charge in [0, 0.05) is 11.7 Å². The van der Waals surface area contributed by atoms with Gasteiger partial charge in [0.2, 0.25) is 0 Å². The van der Waals surface area contributed by atoms with Crippen molar-refractivity contribution in [3.8, 4) is 0 Å². The molecule has 0 atom stereocenters. The third kappa shape index (κ3) is 2.54. The van der Waals surface area contributed by atoms with Gasteiger partial charge in [-0.25, -0.2) is 4.39 Å². The zero-order chi connectivity index (χ0) is 14.9. The lowest BCUT2D eigenvalue weighted by atomic mass is 10.0. The highest BCUT2D eigenvalue weighted by Gasteiger charge is 2.23. The number of rotatable bonds is 4. The molecular weight excluding hydrogens is 261 g/mol. The maximum Gasteiger partial charge on any atom is 0.281 e. The Bertz CT molecular complexity index is 671. The molecule has 0 aliphatic heterocycles. The number of nitrogens with one attached hydrogen (secondary N) is 1. The molecule has 0 spiro atoms. The van der Waals surface area contributed by atoms with Crippen LogP contribution in [0.1, 0.15) is 27.2 Å². The second-order valence-corrected chi connectivity index (χ2v) is 5.27. The summed E-state index contributed by atoms with van der Waals surface area (Å²) in [5.74, 6) is -0.663. The van der Waals surface area contributed by atoms with Gasteiger partial charge in [0.25, 0.3) is 5.69 Å². The summed E-state index contributed by atoms with van der Waals surface area (Å²) in [7, 11) is 0. The number of non-ortho nitro benzene ring substituents is 1. The van der Waals surface area contributed by atoms with Gasteiger partial charge < -0.3 is 5.32 Å². The van der Waals surface area contributed by atoms with Crippen molar-refractivity contribution in [2.24, 2.45) is 0 Å². The second-order valence-electron chi connectivity index (χ2n) is 5.27. The number of anilines is 1. The number of halogens is 1. The van der Waals surface area contributed by atoms with E-state index in [0.717, 1.165) is 12.5 Å². The number of hydrogen-bond donors (Lipinski definition) is 1. The standard InChI is InChI=1S/C14H16FN3O2/c1-4-14(2,3)17-13-10(15)8-11(18(19)20)9-6-5-7-16-12(9)13/h5-8,17H,4H2,1-3H3. The largest absolute Gasteiger partial charge is 0.376 e. The third-order valence-corrected chi connectivity index (χ3v) is 3.37. The molecule has 0 radical (unpaired) electrons. The Balaban J connectivity index is 2.70. The number of nitrogens with zero attached hydrogens (tertiary/aromatic N) is 2. The molecule has 5 nitrogen and oxygen atoms in total. The maximum absolute atomic E-state index is 14.2. The Hall–Kier alpha value is -2.24. The monoisotopic (exact) mass is 277 g/mol. The molecule has 1 aromatic carbocycles. The van der Waals surface area contributed by atoms with Crippen LogP contribution in [0.15, 0.2) is 24.4 Å². The number of nitro benzene ring substituents is 1. The zero-order valence-corrected chi connectivity index (χ0v) is 11.6. The second kappa shape index (κ2) is 5.03. The van der Waals surface area contributed by atoms with Crippen LogP contribution in [0.5, 0.6) is 0 Å². The number of aromatic nitrogens is 1. The molecule has 2 aromatic rings. The van der Waals surface area contributed by atoms with E-state index in [4.69, 9.17) is 0 Å². The SMILES string of the molecule is CCC(C)(C)Nc1c(F)cc([N+](=O)[O-])c2cccnc12. The van der Waals surface area contributed by atoms with E-state index in [9.17, 15) is 14.5 Å². The van der Waals surface area contributed by atoms with Crippen LogP contribution in [-0.4, -0.2) is 15.4 Å². The molecule has 6 heteroatoms. The lowest BCUT2D eigenvalue weighted by Gasteiger charge is -2.26. The minimum atomic E-state index is -0.663. The van der Waals surface area contributed by atoms with Crippen molar-refractivity contribution in [3.05, 3.63) is 40.3 Å². The van der Waals surface area contributed by atoms with Gasteiger partial charge in [-0.1, -0.05) is 6.92 Å². The highest BCUT2D eigenvalue weighted by molar-refractivity contribution is 5.97. The number of nitro groups is 1. The normalized spacial score (nSPS) is 11.6. The summed E-state index contributed by atoms with van der Waals surface area (Å²) in [4.78, 5) is 14.5. The van der Waals surface area contributed by atoms with E-state index in [1.807, 2.05) is 20.8 Å². The first kappa shape index (κ1) is 14.2. The minimum absolute atomic E-state index is 0.207. The van der Waals surface area contributed by atoms with E-state index in [0.29, 0.717) is 5.39 Å². The molecule has 0 fully saturated rings. The van der Waals surface area contributed by atoms with E-state index < -0.39 is 10.7 Å². The average Bonchev–Trinajstić information content (AvgIpc) is 2.41. The molecule has 0 amide bonds. The van der Waals surface area contributed by atoms with Gasteiger partial charge >= 0.3 is 0 Å². The summed E-state index contributed by atoms with van der Waals surface area (Å²) < 4.78 is 14.2. The van der Waals surface area contributed by atoms with E-state index in [1.54, 1.807) is 12.1 Å². The van der Waals surface area contributed by atoms with Crippen LogP contribution >= 0.6 is 0 Å². The lowest BCUT2D eigenvalue weighted by molar-refractivity contribution is -0.383. The minimum Gasteiger partial charge on any atom is -0.376 e. The fraction of sp³-hybridized carbons (Fsp3) is 0.357. The van der Waals surface area contributed by atoms with Gasteiger partial charge in [-0.15, -0.1) is 0 Å². The Morgan fingerprint density at radius 2 is 2.20 bits per heavy atom. The molecule has 0 saturated heterocycles. The van der Waals surface area contributed by atoms with Crippen LogP contribution in [0.25, 0.3) is 10.9 Å². The van der Waals surface area contributed by atoms with Crippen LogP contribution in [0.2, 0.25) is 0 Å². The predicted octanol–water partition coefficient (Wildman–Crippen LogP) is 3.88. The number of fused-ring (bicyclic) bond motifs is 1. The van der Waals surface area contributed by atoms with Crippen LogP contribution in [-0.2, 0) is 0 Å². The number of pyridine rings is 1. The first-order valence-corrected chi connectivity index (χ1v) is 6.35. The van der Waals surface area contributed by atoms with Gasteiger partial charge in [-0.3, -0.25) is 15.1 Å². The van der Waals surface area contributed by atoms with E-state index >= 15 is 0 Å². The summed E-state index contributed by atoms with van der Waals surface area (Å²) in [5.41, 5.74) is -0.120. The van der Waals surface area contributed by atoms with E-state index in [-0.39, 0.29) is 22.4 Å². The van der Waals surface area contributed by atoms with Gasteiger partial charge in [0.05, 0.1) is 22.1 Å². The first-order valence-electron chi connectivity index (χ1n) is 6.35.